The molecular weight excluding hydrogens is 202 g/mol. The highest BCUT2D eigenvalue weighted by Gasteiger charge is 2.51. The van der Waals surface area contributed by atoms with Crippen LogP contribution < -0.4 is 5.73 Å². The summed E-state index contributed by atoms with van der Waals surface area (Å²) in [6, 6.07) is 0. The fourth-order valence-corrected chi connectivity index (χ4v) is 3.68. The summed E-state index contributed by atoms with van der Waals surface area (Å²) >= 11 is 0. The molecule has 16 heavy (non-hydrogen) atoms. The molecule has 1 aliphatic heterocycles. The molecular formula is C13H25NO2. The third-order valence-electron chi connectivity index (χ3n) is 4.38. The number of hydrogen-bond acceptors (Lipinski definition) is 3. The summed E-state index contributed by atoms with van der Waals surface area (Å²) in [6.45, 7) is 5.74. The highest BCUT2D eigenvalue weighted by Crippen LogP contribution is 2.43. The van der Waals surface area contributed by atoms with Gasteiger partial charge in [0.25, 0.3) is 0 Å². The van der Waals surface area contributed by atoms with Crippen molar-refractivity contribution < 1.29 is 9.84 Å². The maximum Gasteiger partial charge on any atom is 0.0854 e. The largest absolute Gasteiger partial charge is 0.388 e. The molecule has 2 rings (SSSR count). The summed E-state index contributed by atoms with van der Waals surface area (Å²) in [5, 5.41) is 10.9. The molecule has 2 aliphatic rings. The predicted octanol–water partition coefficient (Wildman–Crippen LogP) is 1.68. The van der Waals surface area contributed by atoms with E-state index < -0.39 is 11.1 Å². The van der Waals surface area contributed by atoms with Crippen molar-refractivity contribution >= 4 is 0 Å². The van der Waals surface area contributed by atoms with E-state index in [1.807, 2.05) is 0 Å². The van der Waals surface area contributed by atoms with Crippen LogP contribution in [0.5, 0.6) is 0 Å². The van der Waals surface area contributed by atoms with Crippen molar-refractivity contribution in [1.29, 1.82) is 0 Å². The van der Waals surface area contributed by atoms with E-state index >= 15 is 0 Å². The first kappa shape index (κ1) is 12.3. The van der Waals surface area contributed by atoms with E-state index in [1.165, 1.54) is 6.42 Å². The fraction of sp³-hybridized carbons (Fsp3) is 1.00. The van der Waals surface area contributed by atoms with E-state index in [-0.39, 0.29) is 0 Å². The van der Waals surface area contributed by atoms with Crippen LogP contribution in [0.4, 0.5) is 0 Å². The number of aliphatic hydroxyl groups is 1. The minimum atomic E-state index is -0.718. The summed E-state index contributed by atoms with van der Waals surface area (Å²) in [6.07, 6.45) is 4.73. The van der Waals surface area contributed by atoms with E-state index in [0.29, 0.717) is 18.4 Å². The summed E-state index contributed by atoms with van der Waals surface area (Å²) in [5.41, 5.74) is 5.18. The first-order chi connectivity index (χ1) is 7.45. The molecule has 0 amide bonds. The molecule has 3 atom stereocenters. The Hall–Kier alpha value is -0.120. The van der Waals surface area contributed by atoms with Crippen LogP contribution in [0.2, 0.25) is 0 Å². The Morgan fingerprint density at radius 3 is 2.38 bits per heavy atom. The third kappa shape index (κ3) is 2.13. The van der Waals surface area contributed by atoms with Crippen molar-refractivity contribution in [2.75, 3.05) is 13.2 Å². The SMILES string of the molecule is CC1CC(C)CC(O)(C2(N)CCCOC2)C1. The first-order valence-corrected chi connectivity index (χ1v) is 6.54. The van der Waals surface area contributed by atoms with Crippen molar-refractivity contribution in [1.82, 2.24) is 0 Å². The number of hydrogen-bond donors (Lipinski definition) is 2. The van der Waals surface area contributed by atoms with E-state index in [9.17, 15) is 5.11 Å². The van der Waals surface area contributed by atoms with Gasteiger partial charge in [-0.1, -0.05) is 13.8 Å². The van der Waals surface area contributed by atoms with E-state index in [0.717, 1.165) is 32.3 Å². The number of ether oxygens (including phenoxy) is 1. The van der Waals surface area contributed by atoms with Gasteiger partial charge in [-0.05, 0) is 43.9 Å². The Kier molecular flexibility index (Phi) is 3.30. The van der Waals surface area contributed by atoms with Gasteiger partial charge in [0.05, 0.1) is 17.7 Å². The molecule has 94 valence electrons. The van der Waals surface area contributed by atoms with Crippen LogP contribution in [-0.2, 0) is 4.74 Å². The van der Waals surface area contributed by atoms with Crippen LogP contribution in [-0.4, -0.2) is 29.5 Å². The molecule has 2 fully saturated rings. The van der Waals surface area contributed by atoms with Crippen molar-refractivity contribution in [2.24, 2.45) is 17.6 Å². The topological polar surface area (TPSA) is 55.5 Å². The lowest BCUT2D eigenvalue weighted by atomic mass is 9.63. The van der Waals surface area contributed by atoms with Crippen molar-refractivity contribution in [2.45, 2.75) is 57.1 Å². The monoisotopic (exact) mass is 227 g/mol. The van der Waals surface area contributed by atoms with Crippen LogP contribution in [0.3, 0.4) is 0 Å². The maximum atomic E-state index is 10.9. The second-order valence-corrected chi connectivity index (χ2v) is 6.20. The summed E-state index contributed by atoms with van der Waals surface area (Å²) in [4.78, 5) is 0. The van der Waals surface area contributed by atoms with Gasteiger partial charge < -0.3 is 15.6 Å². The molecule has 1 saturated heterocycles. The Bertz CT molecular complexity index is 238. The maximum absolute atomic E-state index is 10.9. The quantitative estimate of drug-likeness (QED) is 0.716. The zero-order valence-corrected chi connectivity index (χ0v) is 10.5. The van der Waals surface area contributed by atoms with Gasteiger partial charge in [0.2, 0.25) is 0 Å². The smallest absolute Gasteiger partial charge is 0.0854 e. The molecule has 3 nitrogen and oxygen atoms in total. The number of rotatable bonds is 1. The van der Waals surface area contributed by atoms with Crippen LogP contribution in [0.25, 0.3) is 0 Å². The Morgan fingerprint density at radius 1 is 1.25 bits per heavy atom. The van der Waals surface area contributed by atoms with Crippen molar-refractivity contribution in [3.8, 4) is 0 Å². The van der Waals surface area contributed by atoms with E-state index in [4.69, 9.17) is 10.5 Å². The third-order valence-corrected chi connectivity index (χ3v) is 4.38. The second-order valence-electron chi connectivity index (χ2n) is 6.20. The summed E-state index contributed by atoms with van der Waals surface area (Å²) in [7, 11) is 0. The highest BCUT2D eigenvalue weighted by atomic mass is 16.5. The zero-order chi connectivity index (χ0) is 11.8. The average molecular weight is 227 g/mol. The zero-order valence-electron chi connectivity index (χ0n) is 10.5. The van der Waals surface area contributed by atoms with Crippen LogP contribution in [0, 0.1) is 11.8 Å². The molecule has 1 heterocycles. The highest BCUT2D eigenvalue weighted by molar-refractivity contribution is 5.07. The van der Waals surface area contributed by atoms with Crippen LogP contribution >= 0.6 is 0 Å². The lowest BCUT2D eigenvalue weighted by Crippen LogP contribution is -2.66. The fourth-order valence-electron chi connectivity index (χ4n) is 3.68. The second kappa shape index (κ2) is 4.28. The standard InChI is InChI=1S/C13H25NO2/c1-10-6-11(2)8-13(15,7-10)12(14)4-3-5-16-9-12/h10-11,15H,3-9,14H2,1-2H3. The van der Waals surface area contributed by atoms with Gasteiger partial charge in [0.15, 0.2) is 0 Å². The first-order valence-electron chi connectivity index (χ1n) is 6.54. The van der Waals surface area contributed by atoms with Gasteiger partial charge >= 0.3 is 0 Å². The van der Waals surface area contributed by atoms with E-state index in [2.05, 4.69) is 13.8 Å². The van der Waals surface area contributed by atoms with Gasteiger partial charge in [0.1, 0.15) is 0 Å². The molecule has 0 aromatic rings. The minimum absolute atomic E-state index is 0.517. The molecule has 1 aliphatic carbocycles. The Labute approximate surface area is 98.4 Å². The molecule has 0 aromatic heterocycles. The minimum Gasteiger partial charge on any atom is -0.388 e. The van der Waals surface area contributed by atoms with Crippen LogP contribution in [0.15, 0.2) is 0 Å². The molecule has 0 bridgehead atoms. The van der Waals surface area contributed by atoms with Gasteiger partial charge in [0, 0.05) is 6.61 Å². The van der Waals surface area contributed by atoms with Gasteiger partial charge in [-0.25, -0.2) is 0 Å². The Morgan fingerprint density at radius 2 is 1.88 bits per heavy atom. The molecule has 0 aromatic carbocycles. The lowest BCUT2D eigenvalue weighted by Gasteiger charge is -2.51. The normalized spacial score (nSPS) is 50.2. The molecule has 0 radical (unpaired) electrons. The molecule has 3 N–H and O–H groups in total. The van der Waals surface area contributed by atoms with Gasteiger partial charge in [-0.2, -0.15) is 0 Å². The lowest BCUT2D eigenvalue weighted by molar-refractivity contribution is -0.132. The van der Waals surface area contributed by atoms with E-state index in [1.54, 1.807) is 0 Å². The van der Waals surface area contributed by atoms with Crippen molar-refractivity contribution in [3.63, 3.8) is 0 Å². The number of nitrogens with two attached hydrogens (primary N) is 1. The summed E-state index contributed by atoms with van der Waals surface area (Å²) in [5.74, 6) is 1.13. The molecule has 0 spiro atoms. The molecule has 1 saturated carbocycles. The van der Waals surface area contributed by atoms with Gasteiger partial charge in [-0.15, -0.1) is 0 Å². The van der Waals surface area contributed by atoms with Gasteiger partial charge in [-0.3, -0.25) is 0 Å². The molecule has 3 heteroatoms. The average Bonchev–Trinajstić information content (AvgIpc) is 2.16. The predicted molar refractivity (Wildman–Crippen MR) is 64.1 cm³/mol. The summed E-state index contributed by atoms with van der Waals surface area (Å²) < 4.78 is 5.49. The van der Waals surface area contributed by atoms with Crippen molar-refractivity contribution in [3.05, 3.63) is 0 Å². The molecule has 3 unspecified atom stereocenters. The van der Waals surface area contributed by atoms with Crippen LogP contribution in [0.1, 0.15) is 46.0 Å². The Balaban J connectivity index is 2.15.